The van der Waals surface area contributed by atoms with E-state index in [2.05, 4.69) is 5.16 Å². The Labute approximate surface area is 151 Å². The van der Waals surface area contributed by atoms with Crippen LogP contribution in [-0.2, 0) is 16.0 Å². The molecule has 1 aromatic rings. The van der Waals surface area contributed by atoms with Gasteiger partial charge in [0.2, 0.25) is 0 Å². The lowest BCUT2D eigenvalue weighted by molar-refractivity contribution is -0.0000514. The molecule has 25 heavy (non-hydrogen) atoms. The number of ether oxygens (including phenoxy) is 2. The van der Waals surface area contributed by atoms with Gasteiger partial charge < -0.3 is 20.4 Å². The summed E-state index contributed by atoms with van der Waals surface area (Å²) in [5.74, 6) is -0.0441. The quantitative estimate of drug-likeness (QED) is 0.364. The van der Waals surface area contributed by atoms with Gasteiger partial charge in [-0.1, -0.05) is 5.16 Å². The fourth-order valence-corrected chi connectivity index (χ4v) is 2.54. The van der Waals surface area contributed by atoms with Crippen LogP contribution in [0.5, 0.6) is 0 Å². The van der Waals surface area contributed by atoms with Gasteiger partial charge in [0.1, 0.15) is 11.2 Å². The van der Waals surface area contributed by atoms with Gasteiger partial charge in [-0.2, -0.15) is 0 Å². The highest BCUT2D eigenvalue weighted by atomic mass is 32.1. The number of oxime groups is 1. The van der Waals surface area contributed by atoms with Crippen molar-refractivity contribution >= 4 is 29.4 Å². The van der Waals surface area contributed by atoms with Crippen molar-refractivity contribution in [2.24, 2.45) is 10.9 Å². The van der Waals surface area contributed by atoms with Crippen LogP contribution in [0.4, 0.5) is 9.59 Å². The molecule has 140 valence electrons. The number of thiophene rings is 1. The van der Waals surface area contributed by atoms with E-state index in [0.717, 1.165) is 4.90 Å². The Morgan fingerprint density at radius 2 is 1.60 bits per heavy atom. The van der Waals surface area contributed by atoms with Crippen molar-refractivity contribution in [1.82, 2.24) is 4.90 Å². The van der Waals surface area contributed by atoms with E-state index in [9.17, 15) is 9.59 Å². The zero-order valence-electron chi connectivity index (χ0n) is 15.3. The first kappa shape index (κ1) is 20.8. The SMILES string of the molecule is CC(C)(C)OC(=O)N(Cc1ccc(C(N)=NO)s1)C(=O)OC(C)(C)C. The molecule has 0 fully saturated rings. The molecule has 1 rings (SSSR count). The van der Waals surface area contributed by atoms with E-state index in [-0.39, 0.29) is 12.4 Å². The fraction of sp³-hybridized carbons (Fsp3) is 0.562. The smallest absolute Gasteiger partial charge is 0.420 e. The number of carbonyl (C=O) groups excluding carboxylic acids is 2. The van der Waals surface area contributed by atoms with E-state index in [1.165, 1.54) is 11.3 Å². The zero-order valence-corrected chi connectivity index (χ0v) is 16.1. The highest BCUT2D eigenvalue weighted by Crippen LogP contribution is 2.21. The Hall–Kier alpha value is -2.29. The molecular weight excluding hydrogens is 346 g/mol. The van der Waals surface area contributed by atoms with Gasteiger partial charge in [-0.05, 0) is 53.7 Å². The molecule has 0 spiro atoms. The lowest BCUT2D eigenvalue weighted by Gasteiger charge is -2.28. The van der Waals surface area contributed by atoms with Crippen molar-refractivity contribution in [3.63, 3.8) is 0 Å². The molecule has 0 aromatic carbocycles. The monoisotopic (exact) mass is 371 g/mol. The van der Waals surface area contributed by atoms with Crippen LogP contribution >= 0.6 is 11.3 Å². The Balaban J connectivity index is 3.03. The van der Waals surface area contributed by atoms with E-state index in [0.29, 0.717) is 9.75 Å². The van der Waals surface area contributed by atoms with Crippen molar-refractivity contribution in [2.75, 3.05) is 0 Å². The molecule has 0 radical (unpaired) electrons. The second-order valence-electron chi connectivity index (χ2n) is 7.30. The topological polar surface area (TPSA) is 114 Å². The number of amidine groups is 1. The highest BCUT2D eigenvalue weighted by Gasteiger charge is 2.31. The minimum Gasteiger partial charge on any atom is -0.443 e. The third-order valence-corrected chi connectivity index (χ3v) is 3.66. The molecule has 0 saturated heterocycles. The molecular formula is C16H25N3O5S. The van der Waals surface area contributed by atoms with Crippen LogP contribution in [0.25, 0.3) is 0 Å². The summed E-state index contributed by atoms with van der Waals surface area (Å²) in [5, 5.41) is 11.6. The Morgan fingerprint density at radius 1 is 1.12 bits per heavy atom. The van der Waals surface area contributed by atoms with Gasteiger partial charge in [0.25, 0.3) is 0 Å². The lowest BCUT2D eigenvalue weighted by atomic mass is 10.2. The van der Waals surface area contributed by atoms with Gasteiger partial charge in [-0.15, -0.1) is 11.3 Å². The number of carbonyl (C=O) groups is 2. The van der Waals surface area contributed by atoms with Crippen molar-refractivity contribution in [3.8, 4) is 0 Å². The van der Waals surface area contributed by atoms with Crippen LogP contribution in [0.2, 0.25) is 0 Å². The molecule has 9 heteroatoms. The summed E-state index contributed by atoms with van der Waals surface area (Å²) in [6.45, 7) is 10.2. The van der Waals surface area contributed by atoms with Crippen LogP contribution in [0, 0.1) is 0 Å². The van der Waals surface area contributed by atoms with Crippen molar-refractivity contribution in [1.29, 1.82) is 0 Å². The first-order valence-corrected chi connectivity index (χ1v) is 8.44. The van der Waals surface area contributed by atoms with Crippen LogP contribution in [0.15, 0.2) is 17.3 Å². The normalized spacial score (nSPS) is 12.6. The Morgan fingerprint density at radius 3 is 2.00 bits per heavy atom. The predicted octanol–water partition coefficient (Wildman–Crippen LogP) is 3.51. The van der Waals surface area contributed by atoms with Gasteiger partial charge in [0.05, 0.1) is 11.4 Å². The van der Waals surface area contributed by atoms with E-state index >= 15 is 0 Å². The van der Waals surface area contributed by atoms with E-state index in [4.69, 9.17) is 20.4 Å². The van der Waals surface area contributed by atoms with Crippen LogP contribution in [0.1, 0.15) is 51.3 Å². The molecule has 0 bridgehead atoms. The number of nitrogens with zero attached hydrogens (tertiary/aromatic N) is 2. The van der Waals surface area contributed by atoms with Crippen LogP contribution in [-0.4, -0.2) is 39.3 Å². The summed E-state index contributed by atoms with van der Waals surface area (Å²) in [6.07, 6.45) is -1.61. The fourth-order valence-electron chi connectivity index (χ4n) is 1.64. The van der Waals surface area contributed by atoms with E-state index in [1.807, 2.05) is 0 Å². The third-order valence-electron chi connectivity index (χ3n) is 2.56. The molecule has 1 aromatic heterocycles. The second-order valence-corrected chi connectivity index (χ2v) is 8.47. The summed E-state index contributed by atoms with van der Waals surface area (Å²) < 4.78 is 10.6. The maximum atomic E-state index is 12.4. The van der Waals surface area contributed by atoms with Crippen LogP contribution in [0.3, 0.4) is 0 Å². The van der Waals surface area contributed by atoms with Gasteiger partial charge >= 0.3 is 12.2 Å². The molecule has 0 atom stereocenters. The summed E-state index contributed by atoms with van der Waals surface area (Å²) in [5.41, 5.74) is 4.02. The molecule has 1 heterocycles. The Kier molecular flexibility index (Phi) is 6.42. The summed E-state index contributed by atoms with van der Waals surface area (Å²) in [6, 6.07) is 3.32. The number of amides is 2. The Bertz CT molecular complexity index is 627. The predicted molar refractivity (Wildman–Crippen MR) is 94.8 cm³/mol. The summed E-state index contributed by atoms with van der Waals surface area (Å²) in [4.78, 5) is 26.9. The minimum atomic E-state index is -0.805. The molecule has 0 aliphatic rings. The summed E-state index contributed by atoms with van der Waals surface area (Å²) >= 11 is 1.19. The first-order chi connectivity index (χ1) is 11.3. The van der Waals surface area contributed by atoms with Crippen molar-refractivity contribution < 1.29 is 24.3 Å². The molecule has 0 aliphatic carbocycles. The highest BCUT2D eigenvalue weighted by molar-refractivity contribution is 7.14. The average Bonchev–Trinajstić information content (AvgIpc) is 2.88. The number of rotatable bonds is 3. The van der Waals surface area contributed by atoms with Gasteiger partial charge in [-0.3, -0.25) is 0 Å². The first-order valence-electron chi connectivity index (χ1n) is 7.62. The number of hydrogen-bond acceptors (Lipinski definition) is 7. The maximum absolute atomic E-state index is 12.4. The molecule has 2 amide bonds. The third kappa shape index (κ3) is 7.00. The van der Waals surface area contributed by atoms with Gasteiger partial charge in [0, 0.05) is 4.88 Å². The van der Waals surface area contributed by atoms with Gasteiger partial charge in [0.15, 0.2) is 5.84 Å². The maximum Gasteiger partial charge on any atom is 0.420 e. The second kappa shape index (κ2) is 7.73. The molecule has 8 nitrogen and oxygen atoms in total. The number of hydrogen-bond donors (Lipinski definition) is 2. The lowest BCUT2D eigenvalue weighted by Crippen LogP contribution is -2.43. The van der Waals surface area contributed by atoms with Gasteiger partial charge in [-0.25, -0.2) is 14.5 Å². The van der Waals surface area contributed by atoms with Crippen molar-refractivity contribution in [2.45, 2.75) is 59.3 Å². The molecule has 0 saturated carbocycles. The number of imide groups is 1. The molecule has 0 aliphatic heterocycles. The largest absolute Gasteiger partial charge is 0.443 e. The standard InChI is InChI=1S/C16H25N3O5S/c1-15(2,3)23-13(20)19(14(21)24-16(4,5)6)9-10-7-8-11(25-10)12(17)18-22/h7-8,22H,9H2,1-6H3,(H2,17,18). The molecule has 3 N–H and O–H groups in total. The van der Waals surface area contributed by atoms with E-state index < -0.39 is 23.4 Å². The average molecular weight is 371 g/mol. The number of nitrogens with two attached hydrogens (primary N) is 1. The zero-order chi connectivity index (χ0) is 19.4. The molecule has 0 unspecified atom stereocenters. The summed E-state index contributed by atoms with van der Waals surface area (Å²) in [7, 11) is 0. The van der Waals surface area contributed by atoms with Crippen LogP contribution < -0.4 is 5.73 Å². The van der Waals surface area contributed by atoms with Crippen molar-refractivity contribution in [3.05, 3.63) is 21.9 Å². The van der Waals surface area contributed by atoms with E-state index in [1.54, 1.807) is 53.7 Å². The minimum absolute atomic E-state index is 0.0441.